The third-order valence-electron chi connectivity index (χ3n) is 4.67. The first-order valence-corrected chi connectivity index (χ1v) is 7.02. The molecule has 2 N–H and O–H groups in total. The molecule has 0 aromatic heterocycles. The summed E-state index contributed by atoms with van der Waals surface area (Å²) in [5.74, 6) is 0.350. The molecule has 0 aromatic rings. The van der Waals surface area contributed by atoms with E-state index in [1.165, 1.54) is 12.8 Å². The van der Waals surface area contributed by atoms with Crippen molar-refractivity contribution in [3.05, 3.63) is 0 Å². The Morgan fingerprint density at radius 2 is 1.83 bits per heavy atom. The molecule has 0 radical (unpaired) electrons. The monoisotopic (exact) mass is 249 g/mol. The van der Waals surface area contributed by atoms with Crippen molar-refractivity contribution in [1.82, 2.24) is 4.90 Å². The minimum Gasteiger partial charge on any atom is -0.343 e. The molecule has 2 rings (SSSR count). The van der Waals surface area contributed by atoms with Gasteiger partial charge in [-0.3, -0.25) is 4.79 Å². The third-order valence-corrected chi connectivity index (χ3v) is 4.67. The van der Waals surface area contributed by atoms with Crippen molar-refractivity contribution < 1.29 is 4.79 Å². The Balaban J connectivity index is 1.89. The molecule has 2 aliphatic carbocycles. The summed E-state index contributed by atoms with van der Waals surface area (Å²) >= 11 is 0. The van der Waals surface area contributed by atoms with Crippen LogP contribution in [-0.2, 0) is 4.79 Å². The van der Waals surface area contributed by atoms with Gasteiger partial charge in [0, 0.05) is 19.0 Å². The molecule has 0 unspecified atom stereocenters. The molecule has 0 atom stereocenters. The molecule has 100 valence electrons. The standard InChI is InChI=1S/C14H23N3O/c1-17(12-4-2-3-5-12)13(18)11-6-8-14(16,10-15)9-7-11/h11-12H,2-9,16H2,1H3. The maximum Gasteiger partial charge on any atom is 0.225 e. The summed E-state index contributed by atoms with van der Waals surface area (Å²) in [6.45, 7) is 0. The summed E-state index contributed by atoms with van der Waals surface area (Å²) in [4.78, 5) is 14.3. The van der Waals surface area contributed by atoms with Crippen molar-refractivity contribution in [2.75, 3.05) is 7.05 Å². The van der Waals surface area contributed by atoms with Crippen LogP contribution in [0.5, 0.6) is 0 Å². The zero-order chi connectivity index (χ0) is 13.2. The van der Waals surface area contributed by atoms with Crippen molar-refractivity contribution in [2.45, 2.75) is 62.9 Å². The highest BCUT2D eigenvalue weighted by molar-refractivity contribution is 5.79. The summed E-state index contributed by atoms with van der Waals surface area (Å²) in [6.07, 6.45) is 7.61. The lowest BCUT2D eigenvalue weighted by Crippen LogP contribution is -2.46. The lowest BCUT2D eigenvalue weighted by atomic mass is 9.77. The largest absolute Gasteiger partial charge is 0.343 e. The molecular weight excluding hydrogens is 226 g/mol. The number of amides is 1. The number of carbonyl (C=O) groups is 1. The molecule has 18 heavy (non-hydrogen) atoms. The number of nitrogens with two attached hydrogens (primary N) is 1. The summed E-state index contributed by atoms with van der Waals surface area (Å²) in [5, 5.41) is 8.99. The van der Waals surface area contributed by atoms with E-state index in [1.54, 1.807) is 0 Å². The molecule has 0 bridgehead atoms. The summed E-state index contributed by atoms with van der Waals surface area (Å²) in [7, 11) is 1.94. The molecule has 0 aliphatic heterocycles. The predicted octanol–water partition coefficient (Wildman–Crippen LogP) is 1.80. The van der Waals surface area contributed by atoms with Gasteiger partial charge < -0.3 is 10.6 Å². The van der Waals surface area contributed by atoms with Gasteiger partial charge in [0.25, 0.3) is 0 Å². The van der Waals surface area contributed by atoms with E-state index < -0.39 is 5.54 Å². The van der Waals surface area contributed by atoms with Crippen molar-refractivity contribution in [3.8, 4) is 6.07 Å². The molecule has 2 saturated carbocycles. The lowest BCUT2D eigenvalue weighted by molar-refractivity contribution is -0.137. The van der Waals surface area contributed by atoms with Gasteiger partial charge in [-0.15, -0.1) is 0 Å². The van der Waals surface area contributed by atoms with Gasteiger partial charge in [-0.25, -0.2) is 0 Å². The highest BCUT2D eigenvalue weighted by Gasteiger charge is 2.36. The molecular formula is C14H23N3O. The highest BCUT2D eigenvalue weighted by atomic mass is 16.2. The van der Waals surface area contributed by atoms with E-state index in [9.17, 15) is 4.79 Å². The van der Waals surface area contributed by atoms with Gasteiger partial charge in [-0.05, 0) is 38.5 Å². The van der Waals surface area contributed by atoms with Gasteiger partial charge in [-0.1, -0.05) is 12.8 Å². The Labute approximate surface area is 109 Å². The van der Waals surface area contributed by atoms with Crippen LogP contribution in [0.4, 0.5) is 0 Å². The number of hydrogen-bond donors (Lipinski definition) is 1. The van der Waals surface area contributed by atoms with E-state index in [1.807, 2.05) is 11.9 Å². The molecule has 0 heterocycles. The van der Waals surface area contributed by atoms with E-state index in [0.717, 1.165) is 25.7 Å². The Hall–Kier alpha value is -1.08. The number of nitriles is 1. The van der Waals surface area contributed by atoms with E-state index in [2.05, 4.69) is 6.07 Å². The fraction of sp³-hybridized carbons (Fsp3) is 0.857. The van der Waals surface area contributed by atoms with E-state index in [4.69, 9.17) is 11.0 Å². The van der Waals surface area contributed by atoms with Gasteiger partial charge in [0.1, 0.15) is 5.54 Å². The SMILES string of the molecule is CN(C(=O)C1CCC(N)(C#N)CC1)C1CCCC1. The Morgan fingerprint density at radius 1 is 1.28 bits per heavy atom. The van der Waals surface area contributed by atoms with Crippen molar-refractivity contribution in [3.63, 3.8) is 0 Å². The van der Waals surface area contributed by atoms with Crippen LogP contribution in [0.2, 0.25) is 0 Å². The van der Waals surface area contributed by atoms with Crippen LogP contribution in [0, 0.1) is 17.2 Å². The highest BCUT2D eigenvalue weighted by Crippen LogP contribution is 2.32. The fourth-order valence-corrected chi connectivity index (χ4v) is 3.25. The second kappa shape index (κ2) is 5.27. The molecule has 4 heteroatoms. The maximum atomic E-state index is 12.4. The van der Waals surface area contributed by atoms with Gasteiger partial charge in [0.05, 0.1) is 6.07 Å². The average molecular weight is 249 g/mol. The quantitative estimate of drug-likeness (QED) is 0.811. The van der Waals surface area contributed by atoms with Crippen molar-refractivity contribution in [2.24, 2.45) is 11.7 Å². The summed E-state index contributed by atoms with van der Waals surface area (Å²) in [5.41, 5.74) is 5.24. The number of hydrogen-bond acceptors (Lipinski definition) is 3. The Bertz CT molecular complexity index is 347. The first kappa shape index (κ1) is 13.4. The molecule has 2 aliphatic rings. The van der Waals surface area contributed by atoms with Crippen molar-refractivity contribution in [1.29, 1.82) is 5.26 Å². The topological polar surface area (TPSA) is 70.1 Å². The summed E-state index contributed by atoms with van der Waals surface area (Å²) in [6, 6.07) is 2.62. The Morgan fingerprint density at radius 3 is 2.33 bits per heavy atom. The third kappa shape index (κ3) is 2.67. The normalized spacial score (nSPS) is 33.1. The Kier molecular flexibility index (Phi) is 3.91. The minimum atomic E-state index is -0.692. The fourth-order valence-electron chi connectivity index (χ4n) is 3.25. The van der Waals surface area contributed by atoms with Gasteiger partial charge in [-0.2, -0.15) is 5.26 Å². The van der Waals surface area contributed by atoms with E-state index in [0.29, 0.717) is 18.9 Å². The predicted molar refractivity (Wildman–Crippen MR) is 69.5 cm³/mol. The maximum absolute atomic E-state index is 12.4. The second-order valence-corrected chi connectivity index (χ2v) is 5.93. The second-order valence-electron chi connectivity index (χ2n) is 5.93. The van der Waals surface area contributed by atoms with E-state index >= 15 is 0 Å². The van der Waals surface area contributed by atoms with E-state index in [-0.39, 0.29) is 11.8 Å². The molecule has 2 fully saturated rings. The first-order chi connectivity index (χ1) is 8.56. The smallest absolute Gasteiger partial charge is 0.225 e. The number of carbonyl (C=O) groups excluding carboxylic acids is 1. The van der Waals surface area contributed by atoms with Crippen LogP contribution in [0.3, 0.4) is 0 Å². The van der Waals surface area contributed by atoms with Gasteiger partial charge >= 0.3 is 0 Å². The average Bonchev–Trinajstić information content (AvgIpc) is 2.92. The number of nitrogens with zero attached hydrogens (tertiary/aromatic N) is 2. The number of rotatable bonds is 2. The molecule has 0 saturated heterocycles. The minimum absolute atomic E-state index is 0.0839. The molecule has 4 nitrogen and oxygen atoms in total. The molecule has 0 spiro atoms. The zero-order valence-corrected chi connectivity index (χ0v) is 11.2. The van der Waals surface area contributed by atoms with Crippen LogP contribution >= 0.6 is 0 Å². The van der Waals surface area contributed by atoms with Crippen LogP contribution in [-0.4, -0.2) is 29.4 Å². The van der Waals surface area contributed by atoms with Crippen LogP contribution in [0.25, 0.3) is 0 Å². The molecule has 0 aromatic carbocycles. The zero-order valence-electron chi connectivity index (χ0n) is 11.2. The van der Waals surface area contributed by atoms with Crippen molar-refractivity contribution >= 4 is 5.91 Å². The van der Waals surface area contributed by atoms with Gasteiger partial charge in [0.2, 0.25) is 5.91 Å². The van der Waals surface area contributed by atoms with Crippen LogP contribution in [0.1, 0.15) is 51.4 Å². The molecule has 1 amide bonds. The van der Waals surface area contributed by atoms with Crippen LogP contribution < -0.4 is 5.73 Å². The summed E-state index contributed by atoms with van der Waals surface area (Å²) < 4.78 is 0. The lowest BCUT2D eigenvalue weighted by Gasteiger charge is -2.34. The van der Waals surface area contributed by atoms with Crippen LogP contribution in [0.15, 0.2) is 0 Å². The van der Waals surface area contributed by atoms with Gasteiger partial charge in [0.15, 0.2) is 0 Å². The first-order valence-electron chi connectivity index (χ1n) is 7.02.